The number of benzene rings is 3. The van der Waals surface area contributed by atoms with Crippen LogP contribution in [0.25, 0.3) is 11.2 Å². The number of methoxy groups -OCH3 is 2. The van der Waals surface area contributed by atoms with Crippen LogP contribution in [0.4, 0.5) is 5.95 Å². The summed E-state index contributed by atoms with van der Waals surface area (Å²) in [5, 5.41) is 13.8. The lowest BCUT2D eigenvalue weighted by Crippen LogP contribution is -2.35. The molecular weight excluding hydrogens is 590 g/mol. The summed E-state index contributed by atoms with van der Waals surface area (Å²) in [7, 11) is 3.23. The van der Waals surface area contributed by atoms with Crippen LogP contribution in [0.3, 0.4) is 0 Å². The van der Waals surface area contributed by atoms with Gasteiger partial charge in [-0.1, -0.05) is 54.6 Å². The lowest BCUT2D eigenvalue weighted by molar-refractivity contribution is -0.114. The molecule has 0 bridgehead atoms. The number of ether oxygens (including phenoxy) is 3. The van der Waals surface area contributed by atoms with E-state index in [-0.39, 0.29) is 36.1 Å². The number of rotatable bonds is 10. The van der Waals surface area contributed by atoms with Crippen LogP contribution in [0, 0.1) is 5.92 Å². The molecule has 1 fully saturated rings. The number of amides is 1. The molecule has 3 aromatic carbocycles. The smallest absolute Gasteiger partial charge is 0.328 e. The van der Waals surface area contributed by atoms with Gasteiger partial charge in [-0.2, -0.15) is 4.98 Å². The lowest BCUT2D eigenvalue weighted by atomic mass is 9.80. The van der Waals surface area contributed by atoms with Gasteiger partial charge in [-0.05, 0) is 53.8 Å². The third-order valence-corrected chi connectivity index (χ3v) is 8.56. The van der Waals surface area contributed by atoms with E-state index in [0.29, 0.717) is 17.9 Å². The minimum Gasteiger partial charge on any atom is -0.497 e. The molecular formula is C34H35N5O7. The summed E-state index contributed by atoms with van der Waals surface area (Å²) in [6.45, 7) is 1.44. The fourth-order valence-corrected chi connectivity index (χ4v) is 6.35. The fourth-order valence-electron chi connectivity index (χ4n) is 6.35. The average molecular weight is 626 g/mol. The Kier molecular flexibility index (Phi) is 8.48. The minimum absolute atomic E-state index is 0.00426. The van der Waals surface area contributed by atoms with Crippen molar-refractivity contribution >= 4 is 23.0 Å². The number of aliphatic hydroxyl groups excluding tert-OH is 1. The number of aromatic nitrogens is 4. The number of aromatic amines is 2. The molecule has 0 unspecified atom stereocenters. The summed E-state index contributed by atoms with van der Waals surface area (Å²) in [5.74, 6) is 0.553. The van der Waals surface area contributed by atoms with Gasteiger partial charge in [-0.3, -0.25) is 29.4 Å². The molecule has 3 atom stereocenters. The van der Waals surface area contributed by atoms with Crippen LogP contribution < -0.4 is 26.0 Å². The summed E-state index contributed by atoms with van der Waals surface area (Å²) < 4.78 is 19.2. The summed E-state index contributed by atoms with van der Waals surface area (Å²) in [5.41, 5.74) is 0.512. The van der Waals surface area contributed by atoms with Gasteiger partial charge < -0.3 is 19.3 Å². The number of imidazole rings is 1. The largest absolute Gasteiger partial charge is 0.497 e. The Hall–Kier alpha value is -5.20. The third kappa shape index (κ3) is 5.68. The number of hydrogen-bond donors (Lipinski definition) is 4. The van der Waals surface area contributed by atoms with E-state index in [4.69, 9.17) is 14.2 Å². The van der Waals surface area contributed by atoms with Crippen molar-refractivity contribution in [1.29, 1.82) is 0 Å². The highest BCUT2D eigenvalue weighted by Gasteiger charge is 2.42. The Labute approximate surface area is 264 Å². The van der Waals surface area contributed by atoms with E-state index in [1.165, 1.54) is 11.5 Å². The molecule has 0 aliphatic heterocycles. The van der Waals surface area contributed by atoms with Crippen molar-refractivity contribution in [2.75, 3.05) is 26.1 Å². The Morgan fingerprint density at radius 2 is 1.50 bits per heavy atom. The second kappa shape index (κ2) is 12.7. The molecule has 2 heterocycles. The SMILES string of the molecule is COc1ccc(C(OC[C@H]2C[C@@H](n3c(=O)[nH]c4c(=O)[nH]c(NC(C)=O)nc43)C[C@@H]2O)(c2ccccc2)c2ccc(OC)cc2)cc1. The number of carbonyl (C=O) groups is 1. The molecule has 4 N–H and O–H groups in total. The Morgan fingerprint density at radius 3 is 2.07 bits per heavy atom. The molecule has 12 heteroatoms. The first-order valence-electron chi connectivity index (χ1n) is 14.9. The average Bonchev–Trinajstić information content (AvgIpc) is 3.60. The maximum atomic E-state index is 13.1. The van der Waals surface area contributed by atoms with Gasteiger partial charge >= 0.3 is 5.69 Å². The van der Waals surface area contributed by atoms with Gasteiger partial charge in [0.25, 0.3) is 5.56 Å². The molecule has 1 aliphatic rings. The molecule has 0 saturated heterocycles. The van der Waals surface area contributed by atoms with Crippen LogP contribution in [-0.4, -0.2) is 57.5 Å². The monoisotopic (exact) mass is 625 g/mol. The van der Waals surface area contributed by atoms with Crippen LogP contribution in [0.15, 0.2) is 88.5 Å². The molecule has 0 radical (unpaired) electrons. The molecule has 5 aromatic rings. The highest BCUT2D eigenvalue weighted by Crippen LogP contribution is 2.44. The molecule has 0 spiro atoms. The second-order valence-electron chi connectivity index (χ2n) is 11.4. The zero-order chi connectivity index (χ0) is 32.4. The van der Waals surface area contributed by atoms with Gasteiger partial charge in [0.1, 0.15) is 17.1 Å². The summed E-state index contributed by atoms with van der Waals surface area (Å²) in [4.78, 5) is 46.7. The van der Waals surface area contributed by atoms with Gasteiger partial charge in [0, 0.05) is 18.9 Å². The van der Waals surface area contributed by atoms with E-state index in [9.17, 15) is 19.5 Å². The standard InChI is InChI=1S/C34H35N5O7/c1-20(40)35-32-37-30-29(31(42)38-32)36-33(43)39(30)25-17-21(28(41)18-25)19-46-34(22-7-5-4-6-8-22,23-9-13-26(44-2)14-10-23)24-11-15-27(45-3)16-12-24/h4-16,21,25,28,41H,17-19H2,1-3H3,(H,36,43)(H2,35,37,38,40,42)/t21-,25-,28+/m1/s1. The van der Waals surface area contributed by atoms with Crippen molar-refractivity contribution in [3.05, 3.63) is 116 Å². The number of fused-ring (bicyclic) bond motifs is 1. The van der Waals surface area contributed by atoms with Gasteiger partial charge in [-0.25, -0.2) is 4.79 Å². The highest BCUT2D eigenvalue weighted by atomic mass is 16.5. The minimum atomic E-state index is -1.07. The first-order chi connectivity index (χ1) is 22.2. The predicted octanol–water partition coefficient (Wildman–Crippen LogP) is 3.71. The van der Waals surface area contributed by atoms with Crippen molar-refractivity contribution in [2.45, 2.75) is 37.5 Å². The molecule has 1 amide bonds. The van der Waals surface area contributed by atoms with Gasteiger partial charge in [0.05, 0.1) is 26.9 Å². The molecule has 238 valence electrons. The van der Waals surface area contributed by atoms with Crippen molar-refractivity contribution < 1.29 is 24.1 Å². The summed E-state index contributed by atoms with van der Waals surface area (Å²) >= 11 is 0. The number of hydrogen-bond acceptors (Lipinski definition) is 8. The van der Waals surface area contributed by atoms with Gasteiger partial charge in [-0.15, -0.1) is 0 Å². The first kappa shape index (κ1) is 30.8. The van der Waals surface area contributed by atoms with Crippen molar-refractivity contribution in [1.82, 2.24) is 19.5 Å². The quantitative estimate of drug-likeness (QED) is 0.171. The topological polar surface area (TPSA) is 161 Å². The van der Waals surface area contributed by atoms with Crippen molar-refractivity contribution in [2.24, 2.45) is 5.92 Å². The van der Waals surface area contributed by atoms with E-state index < -0.39 is 34.9 Å². The summed E-state index contributed by atoms with van der Waals surface area (Å²) in [6.07, 6.45) is -0.179. The first-order valence-corrected chi connectivity index (χ1v) is 14.9. The van der Waals surface area contributed by atoms with Crippen LogP contribution in [0.2, 0.25) is 0 Å². The molecule has 1 aliphatic carbocycles. The Morgan fingerprint density at radius 1 is 0.913 bits per heavy atom. The number of nitrogens with one attached hydrogen (secondary N) is 3. The number of nitrogens with zero attached hydrogens (tertiary/aromatic N) is 2. The van der Waals surface area contributed by atoms with Gasteiger partial charge in [0.15, 0.2) is 11.2 Å². The zero-order valence-corrected chi connectivity index (χ0v) is 25.7. The van der Waals surface area contributed by atoms with E-state index >= 15 is 0 Å². The Balaban J connectivity index is 1.37. The Bertz CT molecular complexity index is 1900. The number of H-pyrrole nitrogens is 2. The molecule has 2 aromatic heterocycles. The van der Waals surface area contributed by atoms with E-state index in [1.807, 2.05) is 78.9 Å². The van der Waals surface area contributed by atoms with Crippen LogP contribution in [0.1, 0.15) is 42.5 Å². The van der Waals surface area contributed by atoms with Gasteiger partial charge in [0.2, 0.25) is 11.9 Å². The maximum Gasteiger partial charge on any atom is 0.328 e. The van der Waals surface area contributed by atoms with E-state index in [1.54, 1.807) is 14.2 Å². The lowest BCUT2D eigenvalue weighted by Gasteiger charge is -2.37. The molecule has 46 heavy (non-hydrogen) atoms. The van der Waals surface area contributed by atoms with Crippen LogP contribution in [-0.2, 0) is 15.1 Å². The van der Waals surface area contributed by atoms with E-state index in [0.717, 1.165) is 16.7 Å². The maximum absolute atomic E-state index is 13.1. The van der Waals surface area contributed by atoms with Crippen molar-refractivity contribution in [3.63, 3.8) is 0 Å². The fraction of sp³-hybridized carbons (Fsp3) is 0.294. The summed E-state index contributed by atoms with van der Waals surface area (Å²) in [6, 6.07) is 24.8. The molecule has 6 rings (SSSR count). The van der Waals surface area contributed by atoms with Crippen LogP contribution >= 0.6 is 0 Å². The number of aliphatic hydroxyl groups is 1. The highest BCUT2D eigenvalue weighted by molar-refractivity contribution is 5.87. The van der Waals surface area contributed by atoms with Crippen molar-refractivity contribution in [3.8, 4) is 11.5 Å². The third-order valence-electron chi connectivity index (χ3n) is 8.56. The number of carbonyl (C=O) groups excluding carboxylic acids is 1. The predicted molar refractivity (Wildman–Crippen MR) is 171 cm³/mol. The van der Waals surface area contributed by atoms with Crippen LogP contribution in [0.5, 0.6) is 11.5 Å². The number of anilines is 1. The molecule has 1 saturated carbocycles. The molecule has 12 nitrogen and oxygen atoms in total. The normalized spacial score (nSPS) is 18.0. The zero-order valence-electron chi connectivity index (χ0n) is 25.7. The van der Waals surface area contributed by atoms with E-state index in [2.05, 4.69) is 20.3 Å². The second-order valence-corrected chi connectivity index (χ2v) is 11.4.